The van der Waals surface area contributed by atoms with E-state index in [1.165, 1.54) is 0 Å². The molecule has 0 amide bonds. The Bertz CT molecular complexity index is 4410. The summed E-state index contributed by atoms with van der Waals surface area (Å²) in [5.41, 5.74) is 13.5. The molecule has 0 atom stereocenters. The summed E-state index contributed by atoms with van der Waals surface area (Å²) in [6.07, 6.45) is 0. The zero-order valence-electron chi connectivity index (χ0n) is 40.7. The van der Waals surface area contributed by atoms with E-state index in [4.69, 9.17) is 29.9 Å². The van der Waals surface area contributed by atoms with Gasteiger partial charge in [0.1, 0.15) is 0 Å². The monoisotopic (exact) mass is 971 g/mol. The van der Waals surface area contributed by atoms with Gasteiger partial charge in [0, 0.05) is 66.1 Å². The van der Waals surface area contributed by atoms with Crippen LogP contribution in [-0.4, -0.2) is 39.0 Å². The van der Waals surface area contributed by atoms with Crippen molar-refractivity contribution in [2.45, 2.75) is 0 Å². The zero-order chi connectivity index (χ0) is 50.5. The van der Waals surface area contributed by atoms with E-state index in [0.29, 0.717) is 40.5 Å². The predicted molar refractivity (Wildman–Crippen MR) is 305 cm³/mol. The molecule has 0 radical (unpaired) electrons. The normalized spacial score (nSPS) is 11.4. The molecule has 14 aromatic rings. The Hall–Kier alpha value is -10.7. The van der Waals surface area contributed by atoms with Crippen LogP contribution in [0.1, 0.15) is 5.56 Å². The Morgan fingerprint density at radius 2 is 0.618 bits per heavy atom. The van der Waals surface area contributed by atoms with Crippen LogP contribution in [0.2, 0.25) is 0 Å². The molecule has 0 fully saturated rings. The third kappa shape index (κ3) is 7.65. The van der Waals surface area contributed by atoms with Crippen molar-refractivity contribution < 1.29 is 0 Å². The van der Waals surface area contributed by atoms with Crippen LogP contribution in [0.3, 0.4) is 0 Å². The van der Waals surface area contributed by atoms with E-state index in [-0.39, 0.29) is 0 Å². The summed E-state index contributed by atoms with van der Waals surface area (Å²) in [7, 11) is 0. The lowest BCUT2D eigenvalue weighted by molar-refractivity contribution is 1.07. The highest BCUT2D eigenvalue weighted by Gasteiger charge is 2.24. The topological polar surface area (TPSA) is 111 Å². The van der Waals surface area contributed by atoms with Crippen molar-refractivity contribution in [3.63, 3.8) is 0 Å². The van der Waals surface area contributed by atoms with Crippen LogP contribution in [-0.2, 0) is 0 Å². The first-order valence-corrected chi connectivity index (χ1v) is 25.1. The van der Waals surface area contributed by atoms with Crippen LogP contribution in [0.4, 0.5) is 0 Å². The fraction of sp³-hybridized carbons (Fsp3) is 0. The fourth-order valence-electron chi connectivity index (χ4n) is 10.5. The zero-order valence-corrected chi connectivity index (χ0v) is 40.7. The van der Waals surface area contributed by atoms with Crippen molar-refractivity contribution in [3.05, 3.63) is 254 Å². The Morgan fingerprint density at radius 1 is 0.263 bits per heavy atom. The predicted octanol–water partition coefficient (Wildman–Crippen LogP) is 15.8. The SMILES string of the molecule is N#Cc1ccc(-c2cc(-c3nc(-c4ccccc4)nc(-c4ccccc4)n3)ccc2-n2c3ccccc3c3cc(-c4nc(-c5ccccc5)nc(-c5ccccc5)n4)ccc32)c(-n2c3ccccc3c3ccccc32)c1. The molecule has 0 unspecified atom stereocenters. The van der Waals surface area contributed by atoms with Crippen LogP contribution in [0.25, 0.3) is 134 Å². The summed E-state index contributed by atoms with van der Waals surface area (Å²) in [5.74, 6) is 3.45. The van der Waals surface area contributed by atoms with E-state index in [9.17, 15) is 5.26 Å². The van der Waals surface area contributed by atoms with Gasteiger partial charge in [-0.3, -0.25) is 0 Å². The van der Waals surface area contributed by atoms with Gasteiger partial charge in [-0.2, -0.15) is 5.26 Å². The highest BCUT2D eigenvalue weighted by atomic mass is 15.1. The smallest absolute Gasteiger partial charge is 0.164 e. The van der Waals surface area contributed by atoms with Crippen LogP contribution in [0, 0.1) is 11.3 Å². The molecule has 0 bridgehead atoms. The second-order valence-corrected chi connectivity index (χ2v) is 18.6. The number of nitriles is 1. The molecule has 10 aromatic carbocycles. The molecule has 0 spiro atoms. The van der Waals surface area contributed by atoms with Crippen molar-refractivity contribution in [2.75, 3.05) is 0 Å². The Labute approximate surface area is 437 Å². The van der Waals surface area contributed by atoms with Crippen molar-refractivity contribution in [3.8, 4) is 96.9 Å². The summed E-state index contributed by atoms with van der Waals surface area (Å²) in [6.45, 7) is 0. The van der Waals surface area contributed by atoms with Gasteiger partial charge < -0.3 is 9.13 Å². The van der Waals surface area contributed by atoms with Crippen LogP contribution in [0.5, 0.6) is 0 Å². The van der Waals surface area contributed by atoms with E-state index in [0.717, 1.165) is 99.5 Å². The van der Waals surface area contributed by atoms with Gasteiger partial charge in [-0.05, 0) is 66.7 Å². The number of fused-ring (bicyclic) bond motifs is 6. The number of nitrogens with zero attached hydrogens (tertiary/aromatic N) is 9. The molecule has 4 aromatic heterocycles. The average Bonchev–Trinajstić information content (AvgIpc) is 4.02. The molecule has 76 heavy (non-hydrogen) atoms. The van der Waals surface area contributed by atoms with E-state index >= 15 is 0 Å². The molecule has 9 nitrogen and oxygen atoms in total. The average molecular weight is 972 g/mol. The number of hydrogen-bond donors (Lipinski definition) is 0. The Balaban J connectivity index is 1.03. The molecule has 0 aliphatic carbocycles. The fourth-order valence-corrected chi connectivity index (χ4v) is 10.5. The lowest BCUT2D eigenvalue weighted by Gasteiger charge is -2.20. The molecule has 354 valence electrons. The number of rotatable bonds is 9. The summed E-state index contributed by atoms with van der Waals surface area (Å²) in [6, 6.07) is 87.1. The van der Waals surface area contributed by atoms with Gasteiger partial charge in [-0.1, -0.05) is 182 Å². The minimum atomic E-state index is 0.529. The minimum absolute atomic E-state index is 0.529. The van der Waals surface area contributed by atoms with E-state index < -0.39 is 0 Å². The summed E-state index contributed by atoms with van der Waals surface area (Å²) in [5, 5.41) is 14.9. The van der Waals surface area contributed by atoms with Gasteiger partial charge in [-0.15, -0.1) is 0 Å². The number of aromatic nitrogens is 8. The van der Waals surface area contributed by atoms with Crippen molar-refractivity contribution in [1.82, 2.24) is 39.0 Å². The van der Waals surface area contributed by atoms with Gasteiger partial charge in [0.2, 0.25) is 0 Å². The first-order chi connectivity index (χ1) is 37.6. The third-order valence-corrected chi connectivity index (χ3v) is 14.1. The summed E-state index contributed by atoms with van der Waals surface area (Å²) >= 11 is 0. The van der Waals surface area contributed by atoms with Crippen LogP contribution >= 0.6 is 0 Å². The second-order valence-electron chi connectivity index (χ2n) is 18.6. The molecular formula is C67H41N9. The third-order valence-electron chi connectivity index (χ3n) is 14.1. The number of benzene rings is 10. The minimum Gasteiger partial charge on any atom is -0.309 e. The summed E-state index contributed by atoms with van der Waals surface area (Å²) in [4.78, 5) is 30.6. The van der Waals surface area contributed by atoms with E-state index in [2.05, 4.69) is 130 Å². The van der Waals surface area contributed by atoms with Gasteiger partial charge >= 0.3 is 0 Å². The van der Waals surface area contributed by atoms with E-state index in [1.807, 2.05) is 133 Å². The molecule has 9 heteroatoms. The Morgan fingerprint density at radius 3 is 1.07 bits per heavy atom. The first-order valence-electron chi connectivity index (χ1n) is 25.1. The molecule has 0 aliphatic rings. The van der Waals surface area contributed by atoms with Crippen molar-refractivity contribution in [2.24, 2.45) is 0 Å². The van der Waals surface area contributed by atoms with Crippen LogP contribution in [0.15, 0.2) is 249 Å². The molecule has 0 aliphatic heterocycles. The van der Waals surface area contributed by atoms with Crippen LogP contribution < -0.4 is 0 Å². The molecular weight excluding hydrogens is 931 g/mol. The standard InChI is InChI=1S/C67H41N9/c68-42-43-33-36-53(61(39-43)76-56-30-16-13-27-50(56)51-28-14-17-31-57(51)76)55-41-49(67-73-64(46-23-9-3-10-24-46)70-65(74-67)47-25-11-4-12-26-47)35-38-60(55)75-58-32-18-15-29-52(58)54-40-48(34-37-59(54)75)66-71-62(44-19-5-1-6-20-44)69-63(72-66)45-21-7-2-8-22-45/h1-41H. The molecule has 0 N–H and O–H groups in total. The maximum absolute atomic E-state index is 10.6. The molecule has 14 rings (SSSR count). The van der Waals surface area contributed by atoms with Crippen molar-refractivity contribution in [1.29, 1.82) is 5.26 Å². The lowest BCUT2D eigenvalue weighted by Crippen LogP contribution is -2.04. The first kappa shape index (κ1) is 44.0. The van der Waals surface area contributed by atoms with Gasteiger partial charge in [0.15, 0.2) is 34.9 Å². The highest BCUT2D eigenvalue weighted by Crippen LogP contribution is 2.43. The van der Waals surface area contributed by atoms with Gasteiger partial charge in [-0.25, -0.2) is 29.9 Å². The molecule has 0 saturated heterocycles. The number of hydrogen-bond acceptors (Lipinski definition) is 7. The lowest BCUT2D eigenvalue weighted by atomic mass is 9.96. The van der Waals surface area contributed by atoms with Crippen molar-refractivity contribution >= 4 is 43.6 Å². The Kier molecular flexibility index (Phi) is 10.7. The summed E-state index contributed by atoms with van der Waals surface area (Å²) < 4.78 is 4.64. The molecule has 4 heterocycles. The highest BCUT2D eigenvalue weighted by molar-refractivity contribution is 6.12. The molecule has 0 saturated carbocycles. The largest absolute Gasteiger partial charge is 0.309 e. The number of para-hydroxylation sites is 3. The van der Waals surface area contributed by atoms with Gasteiger partial charge in [0.05, 0.1) is 45.1 Å². The maximum Gasteiger partial charge on any atom is 0.164 e. The van der Waals surface area contributed by atoms with Gasteiger partial charge in [0.25, 0.3) is 0 Å². The second kappa shape index (κ2) is 18.4. The van der Waals surface area contributed by atoms with E-state index in [1.54, 1.807) is 0 Å². The maximum atomic E-state index is 10.6. The quantitative estimate of drug-likeness (QED) is 0.142.